The Morgan fingerprint density at radius 2 is 1.81 bits per heavy atom. The van der Waals surface area contributed by atoms with Crippen molar-refractivity contribution in [2.75, 3.05) is 13.1 Å². The number of carbonyl (C=O) groups is 3. The molecule has 32 heavy (non-hydrogen) atoms. The van der Waals surface area contributed by atoms with E-state index in [1.165, 1.54) is 18.2 Å². The van der Waals surface area contributed by atoms with Gasteiger partial charge in [0.05, 0.1) is 16.4 Å². The Bertz CT molecular complexity index is 1040. The van der Waals surface area contributed by atoms with E-state index >= 15 is 0 Å². The van der Waals surface area contributed by atoms with Gasteiger partial charge in [-0.3, -0.25) is 24.5 Å². The summed E-state index contributed by atoms with van der Waals surface area (Å²) in [6.07, 6.45) is 4.17. The molecule has 0 bridgehead atoms. The average Bonchev–Trinajstić information content (AvgIpc) is 2.81. The van der Waals surface area contributed by atoms with Crippen molar-refractivity contribution in [3.8, 4) is 0 Å². The Morgan fingerprint density at radius 1 is 1.12 bits per heavy atom. The van der Waals surface area contributed by atoms with Gasteiger partial charge in [-0.15, -0.1) is 0 Å². The number of benzene rings is 2. The largest absolute Gasteiger partial charge is 0.460 e. The molecule has 2 aromatic rings. The number of nitro groups is 1. The highest BCUT2D eigenvalue weighted by molar-refractivity contribution is 5.93. The third-order valence-electron chi connectivity index (χ3n) is 5.29. The zero-order valence-electron chi connectivity index (χ0n) is 17.3. The lowest BCUT2D eigenvalue weighted by molar-refractivity contribution is -0.385. The van der Waals surface area contributed by atoms with Gasteiger partial charge >= 0.3 is 5.97 Å². The van der Waals surface area contributed by atoms with Gasteiger partial charge in [0, 0.05) is 30.8 Å². The molecule has 9 heteroatoms. The number of likely N-dealkylation sites (tertiary alicyclic amines) is 1. The van der Waals surface area contributed by atoms with E-state index in [0.29, 0.717) is 25.9 Å². The summed E-state index contributed by atoms with van der Waals surface area (Å²) in [7, 11) is 0. The van der Waals surface area contributed by atoms with E-state index in [4.69, 9.17) is 10.5 Å². The van der Waals surface area contributed by atoms with E-state index in [2.05, 4.69) is 0 Å². The number of nitrogens with two attached hydrogens (primary N) is 1. The van der Waals surface area contributed by atoms with Crippen LogP contribution in [-0.4, -0.2) is 40.7 Å². The lowest BCUT2D eigenvalue weighted by atomic mass is 9.97. The van der Waals surface area contributed by atoms with Gasteiger partial charge in [-0.2, -0.15) is 0 Å². The van der Waals surface area contributed by atoms with Crippen LogP contribution in [0.2, 0.25) is 0 Å². The maximum atomic E-state index is 12.4. The summed E-state index contributed by atoms with van der Waals surface area (Å²) >= 11 is 0. The SMILES string of the molecule is NC(=O)c1ccc(COC(=O)C2CCN(C(=O)/C=C/c3ccccc3)CC2)c([N+](=O)[O-])c1. The first kappa shape index (κ1) is 22.7. The van der Waals surface area contributed by atoms with Crippen LogP contribution in [0.3, 0.4) is 0 Å². The quantitative estimate of drug-likeness (QED) is 0.306. The van der Waals surface area contributed by atoms with Crippen molar-refractivity contribution in [3.05, 3.63) is 81.4 Å². The molecular formula is C23H23N3O6. The van der Waals surface area contributed by atoms with E-state index in [0.717, 1.165) is 11.6 Å². The molecule has 0 aliphatic carbocycles. The van der Waals surface area contributed by atoms with Crippen molar-refractivity contribution in [1.29, 1.82) is 0 Å². The average molecular weight is 437 g/mol. The summed E-state index contributed by atoms with van der Waals surface area (Å²) in [5, 5.41) is 11.3. The Kier molecular flexibility index (Phi) is 7.33. The molecule has 1 aliphatic rings. The van der Waals surface area contributed by atoms with Crippen LogP contribution in [0, 0.1) is 16.0 Å². The van der Waals surface area contributed by atoms with Gasteiger partial charge in [0.25, 0.3) is 5.69 Å². The summed E-state index contributed by atoms with van der Waals surface area (Å²) in [5.74, 6) is -1.76. The third-order valence-corrected chi connectivity index (χ3v) is 5.29. The molecule has 9 nitrogen and oxygen atoms in total. The van der Waals surface area contributed by atoms with Crippen molar-refractivity contribution in [2.24, 2.45) is 11.7 Å². The first-order valence-corrected chi connectivity index (χ1v) is 10.1. The molecule has 2 amide bonds. The second-order valence-corrected chi connectivity index (χ2v) is 7.42. The molecule has 1 aliphatic heterocycles. The van der Waals surface area contributed by atoms with E-state index in [9.17, 15) is 24.5 Å². The number of amides is 2. The Hall–Kier alpha value is -4.01. The van der Waals surface area contributed by atoms with Crippen molar-refractivity contribution in [1.82, 2.24) is 4.90 Å². The van der Waals surface area contributed by atoms with Gasteiger partial charge in [0.2, 0.25) is 11.8 Å². The maximum Gasteiger partial charge on any atom is 0.309 e. The number of nitro benzene ring substituents is 1. The molecule has 1 fully saturated rings. The zero-order valence-corrected chi connectivity index (χ0v) is 17.3. The van der Waals surface area contributed by atoms with E-state index in [1.54, 1.807) is 11.0 Å². The fourth-order valence-corrected chi connectivity index (χ4v) is 3.45. The van der Waals surface area contributed by atoms with Crippen molar-refractivity contribution in [3.63, 3.8) is 0 Å². The molecule has 3 rings (SSSR count). The van der Waals surface area contributed by atoms with Gasteiger partial charge in [0.15, 0.2) is 0 Å². The number of rotatable bonds is 7. The van der Waals surface area contributed by atoms with Gasteiger partial charge in [0.1, 0.15) is 6.61 Å². The molecule has 0 spiro atoms. The molecule has 0 unspecified atom stereocenters. The van der Waals surface area contributed by atoms with Crippen LogP contribution in [0.15, 0.2) is 54.6 Å². The van der Waals surface area contributed by atoms with Crippen LogP contribution in [0.1, 0.15) is 34.3 Å². The minimum atomic E-state index is -0.781. The van der Waals surface area contributed by atoms with Crippen molar-refractivity contribution in [2.45, 2.75) is 19.4 Å². The van der Waals surface area contributed by atoms with Crippen LogP contribution < -0.4 is 5.73 Å². The van der Waals surface area contributed by atoms with Gasteiger partial charge in [-0.05, 0) is 36.6 Å². The monoisotopic (exact) mass is 437 g/mol. The van der Waals surface area contributed by atoms with Crippen LogP contribution in [0.4, 0.5) is 5.69 Å². The van der Waals surface area contributed by atoms with Crippen LogP contribution in [0.5, 0.6) is 0 Å². The molecule has 0 aromatic heterocycles. The lowest BCUT2D eigenvalue weighted by Crippen LogP contribution is -2.39. The normalized spacial score (nSPS) is 14.3. The molecule has 1 saturated heterocycles. The smallest absolute Gasteiger partial charge is 0.309 e. The lowest BCUT2D eigenvalue weighted by Gasteiger charge is -2.30. The molecule has 0 atom stereocenters. The number of ether oxygens (including phenoxy) is 1. The van der Waals surface area contributed by atoms with Gasteiger partial charge in [-0.1, -0.05) is 30.3 Å². The first-order chi connectivity index (χ1) is 15.3. The van der Waals surface area contributed by atoms with E-state index < -0.39 is 16.8 Å². The summed E-state index contributed by atoms with van der Waals surface area (Å²) in [6.45, 7) is 0.559. The molecule has 166 valence electrons. The van der Waals surface area contributed by atoms with Crippen molar-refractivity contribution < 1.29 is 24.0 Å². The summed E-state index contributed by atoms with van der Waals surface area (Å²) in [5.41, 5.74) is 5.93. The maximum absolute atomic E-state index is 12.4. The first-order valence-electron chi connectivity index (χ1n) is 10.1. The van der Waals surface area contributed by atoms with Crippen LogP contribution in [-0.2, 0) is 20.9 Å². The summed E-state index contributed by atoms with van der Waals surface area (Å²) < 4.78 is 5.28. The minimum Gasteiger partial charge on any atom is -0.460 e. The van der Waals surface area contributed by atoms with Gasteiger partial charge < -0.3 is 15.4 Å². The fraction of sp³-hybridized carbons (Fsp3) is 0.261. The van der Waals surface area contributed by atoms with Gasteiger partial charge in [-0.25, -0.2) is 0 Å². The predicted octanol–water partition coefficient (Wildman–Crippen LogP) is 2.69. The standard InChI is InChI=1S/C23H23N3O6/c24-22(28)18-7-8-19(20(14-18)26(30)31)15-32-23(29)17-10-12-25(13-11-17)21(27)9-6-16-4-2-1-3-5-16/h1-9,14,17H,10-13,15H2,(H2,24,28)/b9-6+. The van der Waals surface area contributed by atoms with Crippen molar-refractivity contribution >= 4 is 29.5 Å². The topological polar surface area (TPSA) is 133 Å². The highest BCUT2D eigenvalue weighted by Crippen LogP contribution is 2.24. The Morgan fingerprint density at radius 3 is 2.44 bits per heavy atom. The van der Waals surface area contributed by atoms with E-state index in [1.807, 2.05) is 30.3 Å². The molecule has 1 heterocycles. The number of piperidine rings is 1. The molecule has 2 N–H and O–H groups in total. The number of hydrogen-bond donors (Lipinski definition) is 1. The highest BCUT2D eigenvalue weighted by atomic mass is 16.6. The third kappa shape index (κ3) is 5.78. The zero-order chi connectivity index (χ0) is 23.1. The number of nitrogens with zero attached hydrogens (tertiary/aromatic N) is 2. The number of esters is 1. The number of primary amides is 1. The Balaban J connectivity index is 1.52. The van der Waals surface area contributed by atoms with E-state index in [-0.39, 0.29) is 35.2 Å². The Labute approximate surface area is 184 Å². The summed E-state index contributed by atoms with van der Waals surface area (Å²) in [6, 6.07) is 13.3. The van der Waals surface area contributed by atoms with Crippen LogP contribution in [0.25, 0.3) is 6.08 Å². The predicted molar refractivity (Wildman–Crippen MR) is 116 cm³/mol. The molecule has 2 aromatic carbocycles. The summed E-state index contributed by atoms with van der Waals surface area (Å²) in [4.78, 5) is 48.3. The second kappa shape index (κ2) is 10.3. The van der Waals surface area contributed by atoms with Crippen LogP contribution >= 0.6 is 0 Å². The molecular weight excluding hydrogens is 414 g/mol. The molecule has 0 saturated carbocycles. The number of hydrogen-bond acceptors (Lipinski definition) is 6. The second-order valence-electron chi connectivity index (χ2n) is 7.42. The molecule has 0 radical (unpaired) electrons. The number of carbonyl (C=O) groups excluding carboxylic acids is 3. The fourth-order valence-electron chi connectivity index (χ4n) is 3.45. The highest BCUT2D eigenvalue weighted by Gasteiger charge is 2.28. The minimum absolute atomic E-state index is 0.00475.